The van der Waals surface area contributed by atoms with Crippen molar-refractivity contribution >= 4 is 5.91 Å². The monoisotopic (exact) mass is 218 g/mol. The largest absolute Gasteiger partial charge is 0.368 e. The van der Waals surface area contributed by atoms with Crippen LogP contribution in [0.4, 0.5) is 0 Å². The molecule has 2 aliphatic heterocycles. The average Bonchev–Trinajstić information content (AvgIpc) is 3.06. The molecule has 1 aromatic rings. The summed E-state index contributed by atoms with van der Waals surface area (Å²) in [5.41, 5.74) is 1.70. The van der Waals surface area contributed by atoms with Crippen LogP contribution in [0.15, 0.2) is 18.5 Å². The molecule has 0 unspecified atom stereocenters. The number of carbonyl (C=O) groups is 1. The highest BCUT2D eigenvalue weighted by Gasteiger charge is 2.44. The van der Waals surface area contributed by atoms with E-state index in [9.17, 15) is 4.79 Å². The Morgan fingerprint density at radius 2 is 2.38 bits per heavy atom. The number of ether oxygens (including phenoxy) is 1. The topological polar surface area (TPSA) is 45.7 Å². The maximum absolute atomic E-state index is 12.1. The van der Waals surface area contributed by atoms with Crippen LogP contribution in [-0.4, -0.2) is 41.1 Å². The van der Waals surface area contributed by atoms with E-state index in [1.165, 1.54) is 0 Å². The summed E-state index contributed by atoms with van der Waals surface area (Å²) in [6.07, 6.45) is 5.06. The van der Waals surface area contributed by atoms with Crippen molar-refractivity contribution in [3.8, 4) is 0 Å². The number of piperidine rings is 1. The number of hydrogen-bond donors (Lipinski definition) is 0. The van der Waals surface area contributed by atoms with E-state index in [4.69, 9.17) is 4.74 Å². The van der Waals surface area contributed by atoms with Crippen LogP contribution in [-0.2, 0) is 4.74 Å². The number of fused-ring (bicyclic) bond motifs is 1. The minimum absolute atomic E-state index is 0.0742. The number of aryl methyl sites for hydroxylation is 1. The Kier molecular flexibility index (Phi) is 2.17. The summed E-state index contributed by atoms with van der Waals surface area (Å²) in [5, 5.41) is 0. The van der Waals surface area contributed by atoms with Gasteiger partial charge in [0.25, 0.3) is 5.91 Å². The van der Waals surface area contributed by atoms with E-state index in [-0.39, 0.29) is 12.0 Å². The predicted octanol–water partition coefficient (Wildman–Crippen LogP) is 1.00. The van der Waals surface area contributed by atoms with Gasteiger partial charge in [-0.25, -0.2) is 0 Å². The second-order valence-corrected chi connectivity index (χ2v) is 4.50. The lowest BCUT2D eigenvalue weighted by Gasteiger charge is -2.24. The third-order valence-corrected chi connectivity index (χ3v) is 3.18. The zero-order valence-electron chi connectivity index (χ0n) is 9.22. The minimum Gasteiger partial charge on any atom is -0.368 e. The Balaban J connectivity index is 1.76. The van der Waals surface area contributed by atoms with Crippen LogP contribution in [0.2, 0.25) is 0 Å². The van der Waals surface area contributed by atoms with Crippen molar-refractivity contribution in [3.63, 3.8) is 0 Å². The van der Waals surface area contributed by atoms with Gasteiger partial charge in [0.05, 0.1) is 11.7 Å². The van der Waals surface area contributed by atoms with Gasteiger partial charge < -0.3 is 9.64 Å². The zero-order valence-corrected chi connectivity index (χ0v) is 9.22. The molecule has 3 rings (SSSR count). The van der Waals surface area contributed by atoms with E-state index in [1.807, 2.05) is 17.9 Å². The first kappa shape index (κ1) is 9.78. The maximum atomic E-state index is 12.1. The summed E-state index contributed by atoms with van der Waals surface area (Å²) in [6.45, 7) is 3.48. The van der Waals surface area contributed by atoms with Gasteiger partial charge in [0.2, 0.25) is 0 Å². The fourth-order valence-corrected chi connectivity index (χ4v) is 2.22. The van der Waals surface area contributed by atoms with Gasteiger partial charge in [-0.15, -0.1) is 0 Å². The molecule has 16 heavy (non-hydrogen) atoms. The van der Waals surface area contributed by atoms with Gasteiger partial charge >= 0.3 is 0 Å². The number of hydrogen-bond acceptors (Lipinski definition) is 3. The first-order valence-corrected chi connectivity index (χ1v) is 5.60. The van der Waals surface area contributed by atoms with Gasteiger partial charge in [-0.2, -0.15) is 0 Å². The molecular formula is C12H14N2O2. The van der Waals surface area contributed by atoms with Gasteiger partial charge in [-0.05, 0) is 25.0 Å². The number of aromatic nitrogens is 1. The van der Waals surface area contributed by atoms with Crippen LogP contribution >= 0.6 is 0 Å². The number of nitrogens with zero attached hydrogens (tertiary/aromatic N) is 2. The van der Waals surface area contributed by atoms with Crippen molar-refractivity contribution in [1.29, 1.82) is 0 Å². The number of rotatable bonds is 1. The summed E-state index contributed by atoms with van der Waals surface area (Å²) < 4.78 is 5.41. The lowest BCUT2D eigenvalue weighted by Crippen LogP contribution is -2.39. The Hall–Kier alpha value is -1.42. The summed E-state index contributed by atoms with van der Waals surface area (Å²) in [5.74, 6) is 0.0742. The van der Waals surface area contributed by atoms with E-state index in [0.717, 1.165) is 25.1 Å². The molecule has 2 aliphatic rings. The molecule has 0 aromatic carbocycles. The molecule has 4 nitrogen and oxygen atoms in total. The molecule has 84 valence electrons. The second kappa shape index (κ2) is 3.56. The third kappa shape index (κ3) is 1.69. The molecule has 0 bridgehead atoms. The standard InChI is InChI=1S/C12H14N2O2/c1-8-4-9(6-13-5-8)12(15)14-3-2-10-11(7-14)16-10/h4-6,10-11H,2-3,7H2,1H3/t10-,11+/m0/s1. The molecule has 3 heterocycles. The van der Waals surface area contributed by atoms with Crippen LogP contribution in [0, 0.1) is 6.92 Å². The molecule has 2 atom stereocenters. The van der Waals surface area contributed by atoms with Gasteiger partial charge in [0.15, 0.2) is 0 Å². The molecule has 0 aliphatic carbocycles. The molecule has 1 amide bonds. The maximum Gasteiger partial charge on any atom is 0.255 e. The molecule has 0 radical (unpaired) electrons. The van der Waals surface area contributed by atoms with Crippen molar-refractivity contribution in [1.82, 2.24) is 9.88 Å². The number of likely N-dealkylation sites (tertiary alicyclic amines) is 1. The van der Waals surface area contributed by atoms with Crippen molar-refractivity contribution in [3.05, 3.63) is 29.6 Å². The summed E-state index contributed by atoms with van der Waals surface area (Å²) in [7, 11) is 0. The highest BCUT2D eigenvalue weighted by atomic mass is 16.6. The Bertz CT molecular complexity index is 433. The number of carbonyl (C=O) groups excluding carboxylic acids is 1. The van der Waals surface area contributed by atoms with E-state index in [0.29, 0.717) is 11.7 Å². The van der Waals surface area contributed by atoms with Crippen molar-refractivity contribution < 1.29 is 9.53 Å². The second-order valence-electron chi connectivity index (χ2n) is 4.50. The third-order valence-electron chi connectivity index (χ3n) is 3.18. The first-order chi connectivity index (χ1) is 7.74. The van der Waals surface area contributed by atoms with E-state index in [1.54, 1.807) is 12.4 Å². The van der Waals surface area contributed by atoms with E-state index >= 15 is 0 Å². The summed E-state index contributed by atoms with van der Waals surface area (Å²) in [6, 6.07) is 1.88. The number of pyridine rings is 1. The van der Waals surface area contributed by atoms with Crippen LogP contribution in [0.25, 0.3) is 0 Å². The fourth-order valence-electron chi connectivity index (χ4n) is 2.22. The molecule has 0 N–H and O–H groups in total. The average molecular weight is 218 g/mol. The Morgan fingerprint density at radius 1 is 1.50 bits per heavy atom. The fraction of sp³-hybridized carbons (Fsp3) is 0.500. The highest BCUT2D eigenvalue weighted by molar-refractivity contribution is 5.94. The van der Waals surface area contributed by atoms with Gasteiger partial charge in [0, 0.05) is 25.5 Å². The Labute approximate surface area is 94.2 Å². The smallest absolute Gasteiger partial charge is 0.255 e. The molecule has 0 spiro atoms. The normalized spacial score (nSPS) is 27.4. The molecule has 0 saturated carbocycles. The van der Waals surface area contributed by atoms with E-state index in [2.05, 4.69) is 4.98 Å². The van der Waals surface area contributed by atoms with Gasteiger partial charge in [-0.3, -0.25) is 9.78 Å². The molecule has 1 aromatic heterocycles. The van der Waals surface area contributed by atoms with E-state index < -0.39 is 0 Å². The van der Waals surface area contributed by atoms with Crippen LogP contribution < -0.4 is 0 Å². The quantitative estimate of drug-likeness (QED) is 0.661. The number of amides is 1. The van der Waals surface area contributed by atoms with Crippen molar-refractivity contribution in [2.45, 2.75) is 25.6 Å². The van der Waals surface area contributed by atoms with Gasteiger partial charge in [0.1, 0.15) is 6.10 Å². The molecular weight excluding hydrogens is 204 g/mol. The van der Waals surface area contributed by atoms with Crippen molar-refractivity contribution in [2.24, 2.45) is 0 Å². The van der Waals surface area contributed by atoms with Crippen LogP contribution in [0.5, 0.6) is 0 Å². The predicted molar refractivity (Wildman–Crippen MR) is 58.2 cm³/mol. The molecule has 4 heteroatoms. The van der Waals surface area contributed by atoms with Crippen LogP contribution in [0.3, 0.4) is 0 Å². The number of epoxide rings is 1. The lowest BCUT2D eigenvalue weighted by molar-refractivity contribution is 0.0736. The first-order valence-electron chi connectivity index (χ1n) is 5.60. The zero-order chi connectivity index (χ0) is 11.1. The minimum atomic E-state index is 0.0742. The van der Waals surface area contributed by atoms with Gasteiger partial charge in [-0.1, -0.05) is 0 Å². The summed E-state index contributed by atoms with van der Waals surface area (Å²) >= 11 is 0. The Morgan fingerprint density at radius 3 is 3.12 bits per heavy atom. The lowest BCUT2D eigenvalue weighted by atomic mass is 10.1. The SMILES string of the molecule is Cc1cncc(C(=O)N2CC[C@@H]3O[C@@H]3C2)c1. The van der Waals surface area contributed by atoms with Crippen LogP contribution in [0.1, 0.15) is 22.3 Å². The highest BCUT2D eigenvalue weighted by Crippen LogP contribution is 2.31. The molecule has 2 fully saturated rings. The molecule has 2 saturated heterocycles. The summed E-state index contributed by atoms with van der Waals surface area (Å²) in [4.78, 5) is 18.1. The van der Waals surface area contributed by atoms with Crippen molar-refractivity contribution in [2.75, 3.05) is 13.1 Å².